The second-order valence-corrected chi connectivity index (χ2v) is 2.25. The molecular weight excluding hydrogens is 202 g/mol. The number of amides is 1. The number of carbonyl (C=O) groups is 2. The number of hydrogen-bond acceptors (Lipinski definition) is 7. The van der Waals surface area contributed by atoms with E-state index in [0.29, 0.717) is 0 Å². The molecule has 0 saturated heterocycles. The molecule has 0 radical (unpaired) electrons. The van der Waals surface area contributed by atoms with Crippen LogP contribution in [0.4, 0.5) is 0 Å². The van der Waals surface area contributed by atoms with Crippen molar-refractivity contribution >= 4 is 11.9 Å². The molecule has 9 nitrogen and oxygen atoms in total. The summed E-state index contributed by atoms with van der Waals surface area (Å²) in [5.41, 5.74) is 0. The lowest BCUT2D eigenvalue weighted by Gasteiger charge is -2.21. The lowest BCUT2D eigenvalue weighted by atomic mass is 10.3. The van der Waals surface area contributed by atoms with E-state index in [1.165, 1.54) is 0 Å². The van der Waals surface area contributed by atoms with Crippen LogP contribution in [-0.4, -0.2) is 66.3 Å². The van der Waals surface area contributed by atoms with E-state index >= 15 is 0 Å². The van der Waals surface area contributed by atoms with E-state index in [-0.39, 0.29) is 0 Å². The van der Waals surface area contributed by atoms with E-state index in [0.717, 1.165) is 0 Å². The molecule has 2 atom stereocenters. The van der Waals surface area contributed by atoms with Gasteiger partial charge >= 0.3 is 5.97 Å². The Morgan fingerprint density at radius 2 is 1.50 bits per heavy atom. The Labute approximate surface area is 77.0 Å². The van der Waals surface area contributed by atoms with Gasteiger partial charge in [0.05, 0.1) is 0 Å². The molecule has 0 aliphatic carbocycles. The first-order valence-electron chi connectivity index (χ1n) is 3.26. The third-order valence-corrected chi connectivity index (χ3v) is 1.21. The van der Waals surface area contributed by atoms with Crippen LogP contribution in [0.15, 0.2) is 0 Å². The molecule has 1 amide bonds. The molecular formula is C5H9NO8. The van der Waals surface area contributed by atoms with Gasteiger partial charge in [-0.2, -0.15) is 5.06 Å². The smallest absolute Gasteiger partial charge is 0.356 e. The van der Waals surface area contributed by atoms with Gasteiger partial charge < -0.3 is 25.5 Å². The van der Waals surface area contributed by atoms with Gasteiger partial charge in [-0.1, -0.05) is 0 Å². The highest BCUT2D eigenvalue weighted by atomic mass is 16.6. The molecule has 0 bridgehead atoms. The molecule has 0 aliphatic heterocycles. The number of carboxylic acids is 1. The van der Waals surface area contributed by atoms with Crippen LogP contribution in [0.1, 0.15) is 0 Å². The number of hydroxylamine groups is 2. The predicted molar refractivity (Wildman–Crippen MR) is 36.5 cm³/mol. The number of carboxylic acid groups (broad SMARTS) is 1. The van der Waals surface area contributed by atoms with Crippen molar-refractivity contribution in [3.05, 3.63) is 0 Å². The van der Waals surface area contributed by atoms with Crippen LogP contribution >= 0.6 is 0 Å². The van der Waals surface area contributed by atoms with E-state index in [1.807, 2.05) is 0 Å². The summed E-state index contributed by atoms with van der Waals surface area (Å²) < 4.78 is 0. The zero-order valence-corrected chi connectivity index (χ0v) is 6.68. The van der Waals surface area contributed by atoms with Gasteiger partial charge in [-0.15, -0.1) is 0 Å². The first-order chi connectivity index (χ1) is 6.29. The summed E-state index contributed by atoms with van der Waals surface area (Å²) in [7, 11) is 0. The normalized spacial score (nSPS) is 15.0. The van der Waals surface area contributed by atoms with Crippen molar-refractivity contribution in [3.63, 3.8) is 0 Å². The Morgan fingerprint density at radius 1 is 1.07 bits per heavy atom. The van der Waals surface area contributed by atoms with Crippen molar-refractivity contribution < 1.29 is 40.3 Å². The van der Waals surface area contributed by atoms with Gasteiger partial charge in [0.1, 0.15) is 0 Å². The zero-order chi connectivity index (χ0) is 11.5. The van der Waals surface area contributed by atoms with E-state index in [9.17, 15) is 9.59 Å². The van der Waals surface area contributed by atoms with Crippen LogP contribution < -0.4 is 0 Å². The number of aliphatic carboxylic acids is 1. The van der Waals surface area contributed by atoms with E-state index in [4.69, 9.17) is 30.7 Å². The van der Waals surface area contributed by atoms with Crippen molar-refractivity contribution in [1.82, 2.24) is 5.06 Å². The highest BCUT2D eigenvalue weighted by Crippen LogP contribution is 1.99. The van der Waals surface area contributed by atoms with E-state index < -0.39 is 35.6 Å². The molecule has 0 aliphatic rings. The highest BCUT2D eigenvalue weighted by Gasteiger charge is 2.33. The summed E-state index contributed by atoms with van der Waals surface area (Å²) in [6.45, 7) is 0. The number of aliphatic hydroxyl groups excluding tert-OH is 3. The number of aliphatic hydroxyl groups is 4. The lowest BCUT2D eigenvalue weighted by Crippen LogP contribution is -2.50. The van der Waals surface area contributed by atoms with Crippen LogP contribution in [0.3, 0.4) is 0 Å². The Kier molecular flexibility index (Phi) is 4.40. The van der Waals surface area contributed by atoms with Crippen LogP contribution in [0.2, 0.25) is 0 Å². The second kappa shape index (κ2) is 4.83. The zero-order valence-electron chi connectivity index (χ0n) is 6.68. The summed E-state index contributed by atoms with van der Waals surface area (Å²) in [5.74, 6) is -3.70. The average molecular weight is 211 g/mol. The van der Waals surface area contributed by atoms with Gasteiger partial charge in [0.15, 0.2) is 12.4 Å². The fourth-order valence-electron chi connectivity index (χ4n) is 0.488. The monoisotopic (exact) mass is 211 g/mol. The van der Waals surface area contributed by atoms with Gasteiger partial charge in [-0.3, -0.25) is 10.0 Å². The summed E-state index contributed by atoms with van der Waals surface area (Å²) in [6.07, 6.45) is -7.51. The van der Waals surface area contributed by atoms with Crippen LogP contribution in [-0.2, 0) is 9.59 Å². The fraction of sp³-hybridized carbons (Fsp3) is 0.600. The maximum absolute atomic E-state index is 10.7. The SMILES string of the molecule is O=C(O)[C@@H](O)N(O)C(=O)[C@H](O)C(O)O. The summed E-state index contributed by atoms with van der Waals surface area (Å²) in [6, 6.07) is 0. The quantitative estimate of drug-likeness (QED) is 0.157. The van der Waals surface area contributed by atoms with Crippen LogP contribution in [0.5, 0.6) is 0 Å². The maximum atomic E-state index is 10.7. The Balaban J connectivity index is 4.46. The van der Waals surface area contributed by atoms with Crippen molar-refractivity contribution in [2.45, 2.75) is 18.6 Å². The molecule has 9 heteroatoms. The number of hydrogen-bond donors (Lipinski definition) is 6. The van der Waals surface area contributed by atoms with E-state index in [1.54, 1.807) is 0 Å². The molecule has 0 heterocycles. The number of nitrogens with zero attached hydrogens (tertiary/aromatic N) is 1. The molecule has 0 aromatic carbocycles. The molecule has 0 fully saturated rings. The molecule has 0 spiro atoms. The van der Waals surface area contributed by atoms with Gasteiger partial charge in [0, 0.05) is 0 Å². The Hall–Kier alpha value is -1.26. The summed E-state index contributed by atoms with van der Waals surface area (Å²) >= 11 is 0. The second-order valence-electron chi connectivity index (χ2n) is 2.25. The summed E-state index contributed by atoms with van der Waals surface area (Å²) in [4.78, 5) is 20.7. The molecule has 82 valence electrons. The topological polar surface area (TPSA) is 159 Å². The molecule has 0 rings (SSSR count). The van der Waals surface area contributed by atoms with Crippen molar-refractivity contribution in [2.24, 2.45) is 0 Å². The van der Waals surface area contributed by atoms with Crippen molar-refractivity contribution in [2.75, 3.05) is 0 Å². The largest absolute Gasteiger partial charge is 0.478 e. The predicted octanol–water partition coefficient (Wildman–Crippen LogP) is -3.72. The van der Waals surface area contributed by atoms with Gasteiger partial charge in [0.2, 0.25) is 0 Å². The minimum Gasteiger partial charge on any atom is -0.478 e. The molecule has 0 aromatic rings. The molecule has 0 aromatic heterocycles. The third kappa shape index (κ3) is 2.90. The number of rotatable bonds is 4. The summed E-state index contributed by atoms with van der Waals surface area (Å²) in [5, 5.41) is 49.8. The average Bonchev–Trinajstić information content (AvgIpc) is 2.12. The Morgan fingerprint density at radius 3 is 1.79 bits per heavy atom. The van der Waals surface area contributed by atoms with Gasteiger partial charge in [-0.05, 0) is 0 Å². The molecule has 0 saturated carbocycles. The highest BCUT2D eigenvalue weighted by molar-refractivity contribution is 5.84. The fourth-order valence-corrected chi connectivity index (χ4v) is 0.488. The van der Waals surface area contributed by atoms with Crippen molar-refractivity contribution in [3.8, 4) is 0 Å². The minimum absolute atomic E-state index is 0.730. The van der Waals surface area contributed by atoms with Crippen molar-refractivity contribution in [1.29, 1.82) is 0 Å². The lowest BCUT2D eigenvalue weighted by molar-refractivity contribution is -0.230. The third-order valence-electron chi connectivity index (χ3n) is 1.21. The van der Waals surface area contributed by atoms with E-state index in [2.05, 4.69) is 0 Å². The molecule has 6 N–H and O–H groups in total. The first kappa shape index (κ1) is 12.7. The van der Waals surface area contributed by atoms with Crippen LogP contribution in [0, 0.1) is 0 Å². The van der Waals surface area contributed by atoms with Gasteiger partial charge in [-0.25, -0.2) is 4.79 Å². The molecule has 0 unspecified atom stereocenters. The first-order valence-corrected chi connectivity index (χ1v) is 3.26. The standard InChI is InChI=1S/C5H9NO8/c7-1(4(10)11)2(8)6(14)3(9)5(12)13/h1,3-4,7,9-11,14H,(H,12,13)/t1-,3+/m0/s1. The van der Waals surface area contributed by atoms with Gasteiger partial charge in [0.25, 0.3) is 12.1 Å². The molecule has 14 heavy (non-hydrogen) atoms. The van der Waals surface area contributed by atoms with Crippen LogP contribution in [0.25, 0.3) is 0 Å². The Bertz CT molecular complexity index is 228. The number of carbonyl (C=O) groups excluding carboxylic acids is 1. The maximum Gasteiger partial charge on any atom is 0.356 e. The minimum atomic E-state index is -2.59.